The standard InChI is InChI=1S/C19H14F3N3O/c20-19(21,22)18-15-9-13(5-7-16(15)24-25-18)26-17-3-1-2-12-8-11(10-23)4-6-14(12)17/h4-9,17H,1-3H2,(H,24,25). The van der Waals surface area contributed by atoms with Gasteiger partial charge in [-0.15, -0.1) is 0 Å². The maximum Gasteiger partial charge on any atom is 0.435 e. The Bertz CT molecular complexity index is 1020. The van der Waals surface area contributed by atoms with Crippen LogP contribution in [0.5, 0.6) is 5.75 Å². The van der Waals surface area contributed by atoms with Crippen LogP contribution in [0.15, 0.2) is 36.4 Å². The van der Waals surface area contributed by atoms with Crippen LogP contribution < -0.4 is 4.74 Å². The van der Waals surface area contributed by atoms with Gasteiger partial charge < -0.3 is 4.74 Å². The molecule has 0 fully saturated rings. The lowest BCUT2D eigenvalue weighted by Gasteiger charge is -2.26. The Hall–Kier alpha value is -3.01. The third-order valence-corrected chi connectivity index (χ3v) is 4.61. The second-order valence-electron chi connectivity index (χ2n) is 6.30. The van der Waals surface area contributed by atoms with Crippen LogP contribution in [0.1, 0.15) is 41.3 Å². The lowest BCUT2D eigenvalue weighted by atomic mass is 9.88. The smallest absolute Gasteiger partial charge is 0.435 e. The number of rotatable bonds is 2. The molecule has 0 saturated heterocycles. The van der Waals surface area contributed by atoms with Gasteiger partial charge in [-0.3, -0.25) is 5.10 Å². The summed E-state index contributed by atoms with van der Waals surface area (Å²) >= 11 is 0. The molecule has 26 heavy (non-hydrogen) atoms. The molecule has 0 amide bonds. The molecule has 1 aliphatic rings. The third-order valence-electron chi connectivity index (χ3n) is 4.61. The molecule has 1 unspecified atom stereocenters. The molecular weight excluding hydrogens is 343 g/mol. The molecule has 4 rings (SSSR count). The number of alkyl halides is 3. The number of hydrogen-bond donors (Lipinski definition) is 1. The second kappa shape index (κ2) is 6.06. The van der Waals surface area contributed by atoms with Crippen LogP contribution in [-0.2, 0) is 12.6 Å². The maximum atomic E-state index is 13.1. The summed E-state index contributed by atoms with van der Waals surface area (Å²) in [6.45, 7) is 0. The maximum absolute atomic E-state index is 13.1. The van der Waals surface area contributed by atoms with Crippen LogP contribution >= 0.6 is 0 Å². The van der Waals surface area contributed by atoms with Crippen molar-refractivity contribution in [2.24, 2.45) is 0 Å². The van der Waals surface area contributed by atoms with Crippen molar-refractivity contribution >= 4 is 10.9 Å². The van der Waals surface area contributed by atoms with Crippen LogP contribution in [0.3, 0.4) is 0 Å². The van der Waals surface area contributed by atoms with Crippen LogP contribution in [0.25, 0.3) is 10.9 Å². The number of nitriles is 1. The van der Waals surface area contributed by atoms with E-state index >= 15 is 0 Å². The fourth-order valence-electron chi connectivity index (χ4n) is 3.41. The first-order valence-corrected chi connectivity index (χ1v) is 8.20. The summed E-state index contributed by atoms with van der Waals surface area (Å²) in [5.74, 6) is 0.367. The van der Waals surface area contributed by atoms with Gasteiger partial charge in [-0.2, -0.15) is 23.5 Å². The summed E-state index contributed by atoms with van der Waals surface area (Å²) in [4.78, 5) is 0. The van der Waals surface area contributed by atoms with E-state index in [0.29, 0.717) is 16.8 Å². The minimum absolute atomic E-state index is 0.00846. The van der Waals surface area contributed by atoms with Gasteiger partial charge >= 0.3 is 6.18 Å². The molecule has 1 aromatic heterocycles. The molecule has 2 aromatic carbocycles. The number of H-pyrrole nitrogens is 1. The number of hydrogen-bond acceptors (Lipinski definition) is 3. The van der Waals surface area contributed by atoms with Gasteiger partial charge in [0.25, 0.3) is 0 Å². The van der Waals surface area contributed by atoms with Gasteiger partial charge in [0.05, 0.1) is 17.1 Å². The Kier molecular flexibility index (Phi) is 3.83. The number of fused-ring (bicyclic) bond motifs is 2. The highest BCUT2D eigenvalue weighted by Crippen LogP contribution is 2.37. The van der Waals surface area contributed by atoms with E-state index in [-0.39, 0.29) is 11.5 Å². The lowest BCUT2D eigenvalue weighted by molar-refractivity contribution is -0.139. The Morgan fingerprint density at radius 3 is 2.81 bits per heavy atom. The SMILES string of the molecule is N#Cc1ccc2c(c1)CCCC2Oc1ccc2[nH]nc(C(F)(F)F)c2c1. The largest absolute Gasteiger partial charge is 0.486 e. The van der Waals surface area contributed by atoms with E-state index in [1.165, 1.54) is 12.1 Å². The van der Waals surface area contributed by atoms with Crippen LogP contribution in [0.2, 0.25) is 0 Å². The van der Waals surface area contributed by atoms with Crippen LogP contribution in [0.4, 0.5) is 13.2 Å². The number of aromatic nitrogens is 2. The van der Waals surface area contributed by atoms with Gasteiger partial charge in [-0.25, -0.2) is 0 Å². The Balaban J connectivity index is 1.67. The molecule has 3 aromatic rings. The Morgan fingerprint density at radius 1 is 1.19 bits per heavy atom. The highest BCUT2D eigenvalue weighted by molar-refractivity contribution is 5.83. The number of halogens is 3. The van der Waals surface area contributed by atoms with Gasteiger partial charge in [-0.1, -0.05) is 6.07 Å². The molecule has 0 saturated carbocycles. The monoisotopic (exact) mass is 357 g/mol. The van der Waals surface area contributed by atoms with Crippen molar-refractivity contribution in [1.82, 2.24) is 10.2 Å². The summed E-state index contributed by atoms with van der Waals surface area (Å²) in [5.41, 5.74) is 2.01. The number of aryl methyl sites for hydroxylation is 1. The molecule has 1 heterocycles. The molecule has 1 aliphatic carbocycles. The number of nitrogens with zero attached hydrogens (tertiary/aromatic N) is 2. The van der Waals surface area contributed by atoms with E-state index in [9.17, 15) is 13.2 Å². The van der Waals surface area contributed by atoms with E-state index in [1.807, 2.05) is 12.1 Å². The average molecular weight is 357 g/mol. The van der Waals surface area contributed by atoms with Gasteiger partial charge in [-0.05, 0) is 60.7 Å². The van der Waals surface area contributed by atoms with Crippen molar-refractivity contribution in [3.8, 4) is 11.8 Å². The summed E-state index contributed by atoms with van der Waals surface area (Å²) in [6, 6.07) is 12.1. The van der Waals surface area contributed by atoms with Gasteiger partial charge in [0.1, 0.15) is 11.9 Å². The van der Waals surface area contributed by atoms with Crippen molar-refractivity contribution in [1.29, 1.82) is 5.26 Å². The number of aromatic amines is 1. The molecule has 7 heteroatoms. The van der Waals surface area contributed by atoms with Gasteiger partial charge in [0.15, 0.2) is 5.69 Å². The summed E-state index contributed by atoms with van der Waals surface area (Å²) in [7, 11) is 0. The normalized spacial score (nSPS) is 16.9. The number of nitrogens with one attached hydrogen (secondary N) is 1. The van der Waals surface area contributed by atoms with Crippen molar-refractivity contribution in [2.45, 2.75) is 31.5 Å². The predicted molar refractivity (Wildman–Crippen MR) is 88.6 cm³/mol. The fraction of sp³-hybridized carbons (Fsp3) is 0.263. The molecule has 0 radical (unpaired) electrons. The molecule has 1 N–H and O–H groups in total. The van der Waals surface area contributed by atoms with E-state index in [4.69, 9.17) is 10.00 Å². The van der Waals surface area contributed by atoms with E-state index in [2.05, 4.69) is 16.3 Å². The number of ether oxygens (including phenoxy) is 1. The first kappa shape index (κ1) is 16.5. The minimum atomic E-state index is -4.53. The Morgan fingerprint density at radius 2 is 2.04 bits per heavy atom. The molecule has 132 valence electrons. The summed E-state index contributed by atoms with van der Waals surface area (Å²) in [6.07, 6.45) is -2.24. The van der Waals surface area contributed by atoms with E-state index in [0.717, 1.165) is 30.4 Å². The molecule has 4 nitrogen and oxygen atoms in total. The minimum Gasteiger partial charge on any atom is -0.486 e. The first-order chi connectivity index (χ1) is 12.5. The molecule has 1 atom stereocenters. The second-order valence-corrected chi connectivity index (χ2v) is 6.30. The van der Waals surface area contributed by atoms with Gasteiger partial charge in [0.2, 0.25) is 0 Å². The highest BCUT2D eigenvalue weighted by Gasteiger charge is 2.36. The zero-order chi connectivity index (χ0) is 18.3. The molecule has 0 aliphatic heterocycles. The van der Waals surface area contributed by atoms with Crippen molar-refractivity contribution in [3.63, 3.8) is 0 Å². The summed E-state index contributed by atoms with van der Waals surface area (Å²) < 4.78 is 45.2. The quantitative estimate of drug-likeness (QED) is 0.709. The first-order valence-electron chi connectivity index (χ1n) is 8.20. The zero-order valence-corrected chi connectivity index (χ0v) is 13.6. The van der Waals surface area contributed by atoms with Crippen molar-refractivity contribution in [3.05, 3.63) is 58.8 Å². The van der Waals surface area contributed by atoms with Crippen LogP contribution in [0, 0.1) is 11.3 Å². The van der Waals surface area contributed by atoms with Gasteiger partial charge in [0, 0.05) is 5.39 Å². The fourth-order valence-corrected chi connectivity index (χ4v) is 3.41. The average Bonchev–Trinajstić information content (AvgIpc) is 3.05. The number of benzene rings is 2. The topological polar surface area (TPSA) is 61.7 Å². The van der Waals surface area contributed by atoms with E-state index in [1.54, 1.807) is 12.1 Å². The highest BCUT2D eigenvalue weighted by atomic mass is 19.4. The van der Waals surface area contributed by atoms with Crippen molar-refractivity contribution < 1.29 is 17.9 Å². The Labute approximate surface area is 147 Å². The molecule has 0 spiro atoms. The lowest BCUT2D eigenvalue weighted by Crippen LogP contribution is -2.15. The molecular formula is C19H14F3N3O. The third kappa shape index (κ3) is 2.88. The van der Waals surface area contributed by atoms with Crippen molar-refractivity contribution in [2.75, 3.05) is 0 Å². The summed E-state index contributed by atoms with van der Waals surface area (Å²) in [5, 5.41) is 14.8. The predicted octanol–water partition coefficient (Wildman–Crippen LogP) is 4.91. The zero-order valence-electron chi connectivity index (χ0n) is 13.6. The van der Waals surface area contributed by atoms with Crippen LogP contribution in [-0.4, -0.2) is 10.2 Å². The molecule has 0 bridgehead atoms. The van der Waals surface area contributed by atoms with E-state index < -0.39 is 11.9 Å².